The maximum absolute atomic E-state index is 12.1. The summed E-state index contributed by atoms with van der Waals surface area (Å²) in [7, 11) is 0. The molecular weight excluding hydrogens is 270 g/mol. The number of aromatic carboxylic acids is 1. The van der Waals surface area contributed by atoms with Gasteiger partial charge in [0.1, 0.15) is 11.3 Å². The second kappa shape index (κ2) is 5.02. The molecule has 0 aliphatic heterocycles. The largest absolute Gasteiger partial charge is 0.477 e. The highest BCUT2D eigenvalue weighted by Gasteiger charge is 2.24. The number of carboxylic acid groups (broad SMARTS) is 1. The van der Waals surface area contributed by atoms with Crippen LogP contribution < -0.4 is 5.56 Å². The SMILES string of the molecule is CC(C)Cn1c(C(=O)O)cc(=O)n2nc(C3CCC3)cc12. The van der Waals surface area contributed by atoms with Crippen molar-refractivity contribution in [2.75, 3.05) is 0 Å². The lowest BCUT2D eigenvalue weighted by atomic mass is 9.83. The lowest BCUT2D eigenvalue weighted by Gasteiger charge is -2.22. The normalized spacial score (nSPS) is 15.6. The quantitative estimate of drug-likeness (QED) is 0.935. The number of nitrogens with zero attached hydrogens (tertiary/aromatic N) is 3. The third kappa shape index (κ3) is 2.34. The Balaban J connectivity index is 2.23. The summed E-state index contributed by atoms with van der Waals surface area (Å²) < 4.78 is 3.02. The van der Waals surface area contributed by atoms with E-state index in [9.17, 15) is 14.7 Å². The van der Waals surface area contributed by atoms with Crippen LogP contribution in [0.2, 0.25) is 0 Å². The minimum Gasteiger partial charge on any atom is -0.477 e. The van der Waals surface area contributed by atoms with Crippen LogP contribution in [-0.4, -0.2) is 25.3 Å². The molecule has 0 atom stereocenters. The van der Waals surface area contributed by atoms with Gasteiger partial charge in [-0.25, -0.2) is 4.79 Å². The standard InChI is InChI=1S/C15H19N3O3/c1-9(2)8-17-12(15(20)21)7-14(19)18-13(17)6-11(16-18)10-4-3-5-10/h6-7,9-10H,3-5,8H2,1-2H3,(H,20,21). The molecule has 1 fully saturated rings. The summed E-state index contributed by atoms with van der Waals surface area (Å²) >= 11 is 0. The van der Waals surface area contributed by atoms with Crippen LogP contribution in [0, 0.1) is 5.92 Å². The van der Waals surface area contributed by atoms with Gasteiger partial charge in [-0.05, 0) is 18.8 Å². The molecule has 0 amide bonds. The molecule has 6 nitrogen and oxygen atoms in total. The Morgan fingerprint density at radius 3 is 2.67 bits per heavy atom. The van der Waals surface area contributed by atoms with E-state index in [-0.39, 0.29) is 17.2 Å². The van der Waals surface area contributed by atoms with Crippen LogP contribution in [0.3, 0.4) is 0 Å². The third-order valence-corrected chi connectivity index (χ3v) is 4.04. The predicted molar refractivity (Wildman–Crippen MR) is 77.8 cm³/mol. The van der Waals surface area contributed by atoms with Crippen LogP contribution in [0.5, 0.6) is 0 Å². The summed E-state index contributed by atoms with van der Waals surface area (Å²) in [6.45, 7) is 4.58. The fourth-order valence-corrected chi connectivity index (χ4v) is 2.76. The number of hydrogen-bond donors (Lipinski definition) is 1. The maximum atomic E-state index is 12.1. The number of fused-ring (bicyclic) bond motifs is 1. The molecule has 0 unspecified atom stereocenters. The molecule has 1 aliphatic rings. The minimum atomic E-state index is -1.08. The van der Waals surface area contributed by atoms with Gasteiger partial charge in [-0.15, -0.1) is 0 Å². The van der Waals surface area contributed by atoms with E-state index in [0.29, 0.717) is 18.1 Å². The molecule has 0 aromatic carbocycles. The molecule has 2 aromatic heterocycles. The van der Waals surface area contributed by atoms with Crippen molar-refractivity contribution in [3.8, 4) is 0 Å². The Hall–Kier alpha value is -2.11. The number of aromatic nitrogens is 3. The number of carboxylic acids is 1. The first-order chi connectivity index (χ1) is 9.97. The summed E-state index contributed by atoms with van der Waals surface area (Å²) in [5.74, 6) is -0.400. The topological polar surface area (TPSA) is 76.6 Å². The molecule has 1 saturated carbocycles. The Labute approximate surface area is 122 Å². The van der Waals surface area contributed by atoms with E-state index in [0.717, 1.165) is 24.6 Å². The molecular formula is C15H19N3O3. The Kier molecular flexibility index (Phi) is 3.31. The highest BCUT2D eigenvalue weighted by Crippen LogP contribution is 2.35. The zero-order chi connectivity index (χ0) is 15.1. The predicted octanol–water partition coefficient (Wildman–Crippen LogP) is 2.12. The summed E-state index contributed by atoms with van der Waals surface area (Å²) in [4.78, 5) is 23.5. The van der Waals surface area contributed by atoms with Gasteiger partial charge in [0.15, 0.2) is 0 Å². The second-order valence-corrected chi connectivity index (χ2v) is 6.14. The zero-order valence-electron chi connectivity index (χ0n) is 12.2. The molecule has 2 aromatic rings. The van der Waals surface area contributed by atoms with Crippen LogP contribution >= 0.6 is 0 Å². The van der Waals surface area contributed by atoms with Gasteiger partial charge in [-0.1, -0.05) is 20.3 Å². The van der Waals surface area contributed by atoms with Gasteiger partial charge in [0.2, 0.25) is 0 Å². The van der Waals surface area contributed by atoms with Gasteiger partial charge in [0, 0.05) is 24.6 Å². The fourth-order valence-electron chi connectivity index (χ4n) is 2.76. The van der Waals surface area contributed by atoms with Crippen molar-refractivity contribution in [1.29, 1.82) is 0 Å². The highest BCUT2D eigenvalue weighted by molar-refractivity contribution is 5.86. The van der Waals surface area contributed by atoms with Crippen molar-refractivity contribution in [3.63, 3.8) is 0 Å². The third-order valence-electron chi connectivity index (χ3n) is 4.04. The Bertz CT molecular complexity index is 753. The number of hydrogen-bond acceptors (Lipinski definition) is 3. The van der Waals surface area contributed by atoms with Crippen molar-refractivity contribution < 1.29 is 9.90 Å². The van der Waals surface area contributed by atoms with Crippen molar-refractivity contribution in [2.24, 2.45) is 5.92 Å². The van der Waals surface area contributed by atoms with Crippen molar-refractivity contribution >= 4 is 11.6 Å². The van der Waals surface area contributed by atoms with E-state index in [2.05, 4.69) is 5.10 Å². The number of rotatable bonds is 4. The molecule has 2 heterocycles. The summed E-state index contributed by atoms with van der Waals surface area (Å²) in [6, 6.07) is 3.04. The molecule has 0 radical (unpaired) electrons. The van der Waals surface area contributed by atoms with Gasteiger partial charge in [0.25, 0.3) is 5.56 Å². The van der Waals surface area contributed by atoms with Crippen LogP contribution in [0.15, 0.2) is 16.9 Å². The van der Waals surface area contributed by atoms with E-state index in [4.69, 9.17) is 0 Å². The van der Waals surface area contributed by atoms with Gasteiger partial charge >= 0.3 is 5.97 Å². The fraction of sp³-hybridized carbons (Fsp3) is 0.533. The summed E-state index contributed by atoms with van der Waals surface area (Å²) in [5.41, 5.74) is 1.13. The first kappa shape index (κ1) is 13.9. The molecule has 112 valence electrons. The maximum Gasteiger partial charge on any atom is 0.352 e. The van der Waals surface area contributed by atoms with Crippen LogP contribution in [0.4, 0.5) is 0 Å². The second-order valence-electron chi connectivity index (χ2n) is 6.14. The van der Waals surface area contributed by atoms with Crippen molar-refractivity contribution in [2.45, 2.75) is 45.6 Å². The van der Waals surface area contributed by atoms with Crippen LogP contribution in [0.25, 0.3) is 5.65 Å². The average molecular weight is 289 g/mol. The summed E-state index contributed by atoms with van der Waals surface area (Å²) in [5, 5.41) is 13.7. The first-order valence-corrected chi connectivity index (χ1v) is 7.34. The van der Waals surface area contributed by atoms with Crippen LogP contribution in [-0.2, 0) is 6.54 Å². The van der Waals surface area contributed by atoms with Gasteiger partial charge in [-0.2, -0.15) is 9.61 Å². The minimum absolute atomic E-state index is 0.0289. The molecule has 0 bridgehead atoms. The molecule has 6 heteroatoms. The lowest BCUT2D eigenvalue weighted by molar-refractivity contribution is 0.0683. The molecule has 21 heavy (non-hydrogen) atoms. The molecule has 1 N–H and O–H groups in total. The molecule has 1 aliphatic carbocycles. The van der Waals surface area contributed by atoms with Gasteiger partial charge in [-0.3, -0.25) is 4.79 Å². The van der Waals surface area contributed by atoms with E-state index in [1.807, 2.05) is 19.9 Å². The van der Waals surface area contributed by atoms with Crippen molar-refractivity contribution in [3.05, 3.63) is 33.9 Å². The van der Waals surface area contributed by atoms with Gasteiger partial charge < -0.3 is 9.67 Å². The summed E-state index contributed by atoms with van der Waals surface area (Å²) in [6.07, 6.45) is 3.37. The van der Waals surface area contributed by atoms with E-state index < -0.39 is 5.97 Å². The van der Waals surface area contributed by atoms with Crippen LogP contribution in [0.1, 0.15) is 55.2 Å². The van der Waals surface area contributed by atoms with Crippen molar-refractivity contribution in [1.82, 2.24) is 14.2 Å². The van der Waals surface area contributed by atoms with Gasteiger partial charge in [0.05, 0.1) is 5.69 Å². The highest BCUT2D eigenvalue weighted by atomic mass is 16.4. The first-order valence-electron chi connectivity index (χ1n) is 7.34. The molecule has 3 rings (SSSR count). The Morgan fingerprint density at radius 1 is 1.43 bits per heavy atom. The molecule has 0 saturated heterocycles. The average Bonchev–Trinajstić information content (AvgIpc) is 2.74. The number of carbonyl (C=O) groups is 1. The zero-order valence-corrected chi connectivity index (χ0v) is 12.2. The van der Waals surface area contributed by atoms with E-state index >= 15 is 0 Å². The lowest BCUT2D eigenvalue weighted by Crippen LogP contribution is -2.25. The molecule has 0 spiro atoms. The Morgan fingerprint density at radius 2 is 2.14 bits per heavy atom. The smallest absolute Gasteiger partial charge is 0.352 e. The van der Waals surface area contributed by atoms with E-state index in [1.165, 1.54) is 10.9 Å². The van der Waals surface area contributed by atoms with E-state index in [1.54, 1.807) is 4.57 Å². The monoisotopic (exact) mass is 289 g/mol.